The Morgan fingerprint density at radius 3 is 1.93 bits per heavy atom. The molecule has 0 saturated carbocycles. The lowest BCUT2D eigenvalue weighted by Crippen LogP contribution is -2.29. The Morgan fingerprint density at radius 1 is 0.759 bits per heavy atom. The summed E-state index contributed by atoms with van der Waals surface area (Å²) in [5.41, 5.74) is 1.20. The van der Waals surface area contributed by atoms with Crippen molar-refractivity contribution in [3.05, 3.63) is 35.9 Å². The van der Waals surface area contributed by atoms with Crippen LogP contribution >= 0.6 is 0 Å². The molecule has 0 fully saturated rings. The minimum Gasteiger partial charge on any atom is -0.396 e. The average Bonchev–Trinajstić information content (AvgIpc) is 2.75. The van der Waals surface area contributed by atoms with Gasteiger partial charge in [0, 0.05) is 13.2 Å². The van der Waals surface area contributed by atoms with E-state index in [0.29, 0.717) is 19.6 Å². The summed E-state index contributed by atoms with van der Waals surface area (Å²) in [6.07, 6.45) is 16.9. The van der Waals surface area contributed by atoms with Gasteiger partial charge in [0.1, 0.15) is 0 Å². The van der Waals surface area contributed by atoms with Gasteiger partial charge in [0.15, 0.2) is 0 Å². The molecule has 2 atom stereocenters. The van der Waals surface area contributed by atoms with Gasteiger partial charge in [-0.2, -0.15) is 0 Å². The quantitative estimate of drug-likeness (QED) is 0.236. The third-order valence-corrected chi connectivity index (χ3v) is 5.61. The van der Waals surface area contributed by atoms with Crippen LogP contribution in [0.4, 0.5) is 0 Å². The van der Waals surface area contributed by atoms with Crippen molar-refractivity contribution in [3.63, 3.8) is 0 Å². The summed E-state index contributed by atoms with van der Waals surface area (Å²) in [6, 6.07) is 10.3. The SMILES string of the molecule is CCCCCCCCCCCCCC(OCCCO)C(C)OCc1ccccc1. The van der Waals surface area contributed by atoms with E-state index < -0.39 is 0 Å². The van der Waals surface area contributed by atoms with Gasteiger partial charge < -0.3 is 14.6 Å². The minimum absolute atomic E-state index is 0.0667. The molecule has 0 aromatic heterocycles. The summed E-state index contributed by atoms with van der Waals surface area (Å²) in [4.78, 5) is 0. The predicted octanol–water partition coefficient (Wildman–Crippen LogP) is 7.06. The Balaban J connectivity index is 2.16. The van der Waals surface area contributed by atoms with Crippen LogP contribution in [0.3, 0.4) is 0 Å². The van der Waals surface area contributed by atoms with E-state index in [1.54, 1.807) is 0 Å². The zero-order chi connectivity index (χ0) is 21.0. The molecule has 3 nitrogen and oxygen atoms in total. The molecule has 1 aromatic rings. The van der Waals surface area contributed by atoms with Gasteiger partial charge in [-0.25, -0.2) is 0 Å². The lowest BCUT2D eigenvalue weighted by Gasteiger charge is -2.25. The second-order valence-corrected chi connectivity index (χ2v) is 8.31. The molecule has 0 bridgehead atoms. The van der Waals surface area contributed by atoms with Crippen molar-refractivity contribution in [2.75, 3.05) is 13.2 Å². The maximum atomic E-state index is 9.04. The molecule has 0 radical (unpaired) electrons. The van der Waals surface area contributed by atoms with Crippen molar-refractivity contribution >= 4 is 0 Å². The number of hydrogen-bond donors (Lipinski definition) is 1. The zero-order valence-electron chi connectivity index (χ0n) is 19.1. The van der Waals surface area contributed by atoms with E-state index in [-0.39, 0.29) is 18.8 Å². The van der Waals surface area contributed by atoms with Crippen LogP contribution in [0, 0.1) is 0 Å². The molecule has 0 aliphatic heterocycles. The molecule has 0 aliphatic carbocycles. The number of ether oxygens (including phenoxy) is 2. The van der Waals surface area contributed by atoms with Crippen LogP contribution in [-0.2, 0) is 16.1 Å². The first-order valence-corrected chi connectivity index (χ1v) is 12.2. The van der Waals surface area contributed by atoms with E-state index in [1.807, 2.05) is 18.2 Å². The van der Waals surface area contributed by atoms with Crippen LogP contribution in [0.15, 0.2) is 30.3 Å². The smallest absolute Gasteiger partial charge is 0.0834 e. The maximum Gasteiger partial charge on any atom is 0.0834 e. The fraction of sp³-hybridized carbons (Fsp3) is 0.769. The molecule has 1 aromatic carbocycles. The van der Waals surface area contributed by atoms with Gasteiger partial charge in [-0.05, 0) is 25.3 Å². The highest BCUT2D eigenvalue weighted by molar-refractivity contribution is 5.13. The Morgan fingerprint density at radius 2 is 1.34 bits per heavy atom. The highest BCUT2D eigenvalue weighted by atomic mass is 16.5. The van der Waals surface area contributed by atoms with Gasteiger partial charge >= 0.3 is 0 Å². The molecule has 1 rings (SSSR count). The molecule has 1 N–H and O–H groups in total. The third-order valence-electron chi connectivity index (χ3n) is 5.61. The molecular weight excluding hydrogens is 360 g/mol. The highest BCUT2D eigenvalue weighted by Gasteiger charge is 2.18. The minimum atomic E-state index is 0.0667. The summed E-state index contributed by atoms with van der Waals surface area (Å²) in [6.45, 7) is 5.81. The van der Waals surface area contributed by atoms with E-state index in [4.69, 9.17) is 14.6 Å². The van der Waals surface area contributed by atoms with E-state index in [1.165, 1.54) is 76.2 Å². The van der Waals surface area contributed by atoms with Gasteiger partial charge in [-0.3, -0.25) is 0 Å². The van der Waals surface area contributed by atoms with Gasteiger partial charge in [-0.15, -0.1) is 0 Å². The van der Waals surface area contributed by atoms with Crippen molar-refractivity contribution in [1.29, 1.82) is 0 Å². The molecule has 0 heterocycles. The molecular formula is C26H46O3. The number of unbranched alkanes of at least 4 members (excludes halogenated alkanes) is 10. The van der Waals surface area contributed by atoms with Crippen LogP contribution in [0.1, 0.15) is 103 Å². The molecule has 0 amide bonds. The lowest BCUT2D eigenvalue weighted by atomic mass is 10.0. The second kappa shape index (κ2) is 19.1. The largest absolute Gasteiger partial charge is 0.396 e. The van der Waals surface area contributed by atoms with Crippen molar-refractivity contribution in [3.8, 4) is 0 Å². The average molecular weight is 407 g/mol. The summed E-state index contributed by atoms with van der Waals surface area (Å²) in [5, 5.41) is 9.04. The van der Waals surface area contributed by atoms with Crippen LogP contribution in [0.25, 0.3) is 0 Å². The van der Waals surface area contributed by atoms with Crippen molar-refractivity contribution < 1.29 is 14.6 Å². The van der Waals surface area contributed by atoms with Gasteiger partial charge in [-0.1, -0.05) is 108 Å². The fourth-order valence-corrected chi connectivity index (χ4v) is 3.67. The van der Waals surface area contributed by atoms with Crippen LogP contribution in [0.2, 0.25) is 0 Å². The van der Waals surface area contributed by atoms with Crippen molar-refractivity contribution in [1.82, 2.24) is 0 Å². The number of benzene rings is 1. The highest BCUT2D eigenvalue weighted by Crippen LogP contribution is 2.17. The maximum absolute atomic E-state index is 9.04. The Labute approximate surface area is 180 Å². The predicted molar refractivity (Wildman–Crippen MR) is 123 cm³/mol. The number of hydrogen-bond acceptors (Lipinski definition) is 3. The number of aliphatic hydroxyl groups is 1. The molecule has 0 spiro atoms. The Hall–Kier alpha value is -0.900. The summed E-state index contributed by atoms with van der Waals surface area (Å²) >= 11 is 0. The van der Waals surface area contributed by atoms with Crippen LogP contribution < -0.4 is 0 Å². The molecule has 0 aliphatic rings. The molecule has 3 heteroatoms. The van der Waals surface area contributed by atoms with Crippen molar-refractivity contribution in [2.45, 2.75) is 116 Å². The van der Waals surface area contributed by atoms with Gasteiger partial charge in [0.25, 0.3) is 0 Å². The van der Waals surface area contributed by atoms with Gasteiger partial charge in [0.2, 0.25) is 0 Å². The normalized spacial score (nSPS) is 13.5. The van der Waals surface area contributed by atoms with Crippen LogP contribution in [-0.4, -0.2) is 30.5 Å². The molecule has 168 valence electrons. The summed E-state index contributed by atoms with van der Waals surface area (Å²) < 4.78 is 12.1. The first-order valence-electron chi connectivity index (χ1n) is 12.2. The monoisotopic (exact) mass is 406 g/mol. The van der Waals surface area contributed by atoms with E-state index in [9.17, 15) is 0 Å². The first-order chi connectivity index (χ1) is 14.3. The molecule has 0 saturated heterocycles. The van der Waals surface area contributed by atoms with E-state index >= 15 is 0 Å². The van der Waals surface area contributed by atoms with E-state index in [2.05, 4.69) is 26.0 Å². The van der Waals surface area contributed by atoms with Crippen LogP contribution in [0.5, 0.6) is 0 Å². The first kappa shape index (κ1) is 26.1. The van der Waals surface area contributed by atoms with E-state index in [0.717, 1.165) is 6.42 Å². The topological polar surface area (TPSA) is 38.7 Å². The third kappa shape index (κ3) is 14.7. The number of aliphatic hydroxyl groups excluding tert-OH is 1. The van der Waals surface area contributed by atoms with Gasteiger partial charge in [0.05, 0.1) is 18.8 Å². The molecule has 2 unspecified atom stereocenters. The van der Waals surface area contributed by atoms with Crippen molar-refractivity contribution in [2.24, 2.45) is 0 Å². The summed E-state index contributed by atoms with van der Waals surface area (Å²) in [5.74, 6) is 0. The number of rotatable bonds is 20. The Bertz CT molecular complexity index is 449. The zero-order valence-corrected chi connectivity index (χ0v) is 19.1. The fourth-order valence-electron chi connectivity index (χ4n) is 3.67. The standard InChI is InChI=1S/C26H46O3/c1-3-4-5-6-7-8-9-10-11-12-16-20-26(28-22-17-21-27)24(2)29-23-25-18-14-13-15-19-25/h13-15,18-19,24,26-27H,3-12,16-17,20-23H2,1-2H3. The lowest BCUT2D eigenvalue weighted by molar-refractivity contribution is -0.0769. The summed E-state index contributed by atoms with van der Waals surface area (Å²) in [7, 11) is 0. The Kier molecular flexibility index (Phi) is 17.2. The molecule has 29 heavy (non-hydrogen) atoms. The second-order valence-electron chi connectivity index (χ2n) is 8.31.